The molecule has 0 spiro atoms. The van der Waals surface area contributed by atoms with Crippen molar-refractivity contribution in [2.24, 2.45) is 0 Å². The number of halogens is 1. The molecule has 1 aliphatic heterocycles. The maximum absolute atomic E-state index is 12.6. The molecule has 2 aliphatic rings. The van der Waals surface area contributed by atoms with Gasteiger partial charge in [-0.15, -0.1) is 0 Å². The average Bonchev–Trinajstić information content (AvgIpc) is 2.55. The summed E-state index contributed by atoms with van der Waals surface area (Å²) in [6.45, 7) is 3.93. The fourth-order valence-electron chi connectivity index (χ4n) is 3.45. The topological polar surface area (TPSA) is 55.4 Å². The summed E-state index contributed by atoms with van der Waals surface area (Å²) < 4.78 is 5.25. The highest BCUT2D eigenvalue weighted by atomic mass is 35.5. The lowest BCUT2D eigenvalue weighted by Crippen LogP contribution is -2.34. The third-order valence-corrected chi connectivity index (χ3v) is 4.73. The number of hydrogen-bond donors (Lipinski definition) is 1. The van der Waals surface area contributed by atoms with Gasteiger partial charge in [-0.3, -0.25) is 4.79 Å². The minimum Gasteiger partial charge on any atom is -0.463 e. The molecule has 1 aliphatic carbocycles. The number of carbonyl (C=O) groups is 2. The average molecular weight is 346 g/mol. The molecule has 0 saturated carbocycles. The largest absolute Gasteiger partial charge is 0.463 e. The number of ether oxygens (including phenoxy) is 1. The summed E-state index contributed by atoms with van der Waals surface area (Å²) >= 11 is 6.00. The fraction of sp³-hybridized carbons (Fsp3) is 0.368. The molecule has 1 aromatic rings. The Morgan fingerprint density at radius 3 is 2.67 bits per heavy atom. The molecule has 24 heavy (non-hydrogen) atoms. The Kier molecular flexibility index (Phi) is 4.76. The van der Waals surface area contributed by atoms with Crippen molar-refractivity contribution in [3.8, 4) is 0 Å². The van der Waals surface area contributed by atoms with Gasteiger partial charge in [-0.1, -0.05) is 23.7 Å². The van der Waals surface area contributed by atoms with Crippen LogP contribution in [0, 0.1) is 0 Å². The summed E-state index contributed by atoms with van der Waals surface area (Å²) in [5, 5.41) is 3.88. The summed E-state index contributed by atoms with van der Waals surface area (Å²) in [5.74, 6) is -0.685. The summed E-state index contributed by atoms with van der Waals surface area (Å²) in [7, 11) is 0. The number of nitrogens with one attached hydrogen (secondary N) is 1. The Hall–Kier alpha value is -2.07. The first-order valence-electron chi connectivity index (χ1n) is 8.19. The Labute approximate surface area is 146 Å². The smallest absolute Gasteiger partial charge is 0.336 e. The molecule has 0 fully saturated rings. The second-order valence-electron chi connectivity index (χ2n) is 6.04. The van der Waals surface area contributed by atoms with Gasteiger partial charge in [0.15, 0.2) is 5.78 Å². The van der Waals surface area contributed by atoms with Crippen LogP contribution in [-0.4, -0.2) is 18.4 Å². The Balaban J connectivity index is 2.15. The molecule has 0 aromatic heterocycles. The Morgan fingerprint density at radius 2 is 2.00 bits per heavy atom. The Morgan fingerprint density at radius 1 is 1.29 bits per heavy atom. The zero-order chi connectivity index (χ0) is 17.3. The molecule has 0 radical (unpaired) electrons. The van der Waals surface area contributed by atoms with Crippen molar-refractivity contribution in [1.29, 1.82) is 0 Å². The molecule has 1 N–H and O–H groups in total. The van der Waals surface area contributed by atoms with Crippen LogP contribution in [0.5, 0.6) is 0 Å². The van der Waals surface area contributed by atoms with Crippen LogP contribution in [0.3, 0.4) is 0 Å². The highest BCUT2D eigenvalue weighted by Gasteiger charge is 2.38. The molecule has 0 saturated heterocycles. The van der Waals surface area contributed by atoms with E-state index in [4.69, 9.17) is 16.3 Å². The second-order valence-corrected chi connectivity index (χ2v) is 6.47. The van der Waals surface area contributed by atoms with Gasteiger partial charge in [0.2, 0.25) is 0 Å². The predicted octanol–water partition coefficient (Wildman–Crippen LogP) is 3.87. The molecule has 1 heterocycles. The first kappa shape index (κ1) is 16.8. The molecule has 1 aromatic carbocycles. The maximum atomic E-state index is 12.6. The van der Waals surface area contributed by atoms with Crippen LogP contribution in [-0.2, 0) is 14.3 Å². The van der Waals surface area contributed by atoms with Crippen LogP contribution in [0.4, 0.5) is 0 Å². The van der Waals surface area contributed by atoms with E-state index in [0.717, 1.165) is 29.8 Å². The van der Waals surface area contributed by atoms with E-state index in [1.54, 1.807) is 19.1 Å². The van der Waals surface area contributed by atoms with Gasteiger partial charge in [-0.05, 0) is 44.4 Å². The number of ketones is 1. The van der Waals surface area contributed by atoms with Crippen LogP contribution >= 0.6 is 11.6 Å². The fourth-order valence-corrected chi connectivity index (χ4v) is 3.58. The van der Waals surface area contributed by atoms with E-state index in [9.17, 15) is 9.59 Å². The van der Waals surface area contributed by atoms with Crippen LogP contribution in [0.2, 0.25) is 5.02 Å². The quantitative estimate of drug-likeness (QED) is 0.845. The maximum Gasteiger partial charge on any atom is 0.336 e. The molecule has 0 unspecified atom stereocenters. The van der Waals surface area contributed by atoms with Gasteiger partial charge >= 0.3 is 5.97 Å². The summed E-state index contributed by atoms with van der Waals surface area (Å²) in [4.78, 5) is 25.2. The summed E-state index contributed by atoms with van der Waals surface area (Å²) in [5.41, 5.74) is 3.76. The van der Waals surface area contributed by atoms with E-state index in [-0.39, 0.29) is 11.8 Å². The minimum absolute atomic E-state index is 0.0954. The minimum atomic E-state index is -0.398. The van der Waals surface area contributed by atoms with Gasteiger partial charge in [-0.2, -0.15) is 0 Å². The van der Waals surface area contributed by atoms with E-state index in [0.29, 0.717) is 29.2 Å². The van der Waals surface area contributed by atoms with Gasteiger partial charge < -0.3 is 10.1 Å². The van der Waals surface area contributed by atoms with E-state index < -0.39 is 5.92 Å². The van der Waals surface area contributed by atoms with Gasteiger partial charge in [0.25, 0.3) is 0 Å². The van der Waals surface area contributed by atoms with Crippen molar-refractivity contribution in [3.63, 3.8) is 0 Å². The van der Waals surface area contributed by atoms with E-state index >= 15 is 0 Å². The first-order chi connectivity index (χ1) is 11.5. The molecule has 4 nitrogen and oxygen atoms in total. The van der Waals surface area contributed by atoms with Crippen molar-refractivity contribution in [2.75, 3.05) is 6.61 Å². The molecule has 0 amide bonds. The molecular weight excluding hydrogens is 326 g/mol. The third-order valence-electron chi connectivity index (χ3n) is 4.47. The molecule has 5 heteroatoms. The van der Waals surface area contributed by atoms with Gasteiger partial charge in [0.1, 0.15) is 0 Å². The summed E-state index contributed by atoms with van der Waals surface area (Å²) in [6, 6.07) is 7.31. The van der Waals surface area contributed by atoms with E-state index in [1.165, 1.54) is 0 Å². The number of rotatable bonds is 3. The summed E-state index contributed by atoms with van der Waals surface area (Å²) in [6.07, 6.45) is 2.17. The molecule has 1 atom stereocenters. The number of benzene rings is 1. The number of carbonyl (C=O) groups excluding carboxylic acids is 2. The van der Waals surface area contributed by atoms with Crippen LogP contribution in [0.15, 0.2) is 46.8 Å². The zero-order valence-electron chi connectivity index (χ0n) is 13.8. The standard InChI is InChI=1S/C19H20ClNO3/c1-3-24-19(23)16-11(2)21-14-5-4-6-15(22)18(14)17(16)12-7-9-13(20)10-8-12/h7-10,17,21H,3-6H2,1-2H3/t17-/m0/s1. The predicted molar refractivity (Wildman–Crippen MR) is 92.5 cm³/mol. The van der Waals surface area contributed by atoms with E-state index in [1.807, 2.05) is 19.1 Å². The van der Waals surface area contributed by atoms with Gasteiger partial charge in [0.05, 0.1) is 12.2 Å². The van der Waals surface area contributed by atoms with Crippen LogP contribution < -0.4 is 5.32 Å². The lowest BCUT2D eigenvalue weighted by Gasteiger charge is -2.34. The number of dihydropyridines is 1. The van der Waals surface area contributed by atoms with Crippen molar-refractivity contribution in [1.82, 2.24) is 5.32 Å². The highest BCUT2D eigenvalue weighted by Crippen LogP contribution is 2.42. The normalized spacial score (nSPS) is 20.6. The second kappa shape index (κ2) is 6.81. The first-order valence-corrected chi connectivity index (χ1v) is 8.57. The van der Waals surface area contributed by atoms with Crippen LogP contribution in [0.25, 0.3) is 0 Å². The van der Waals surface area contributed by atoms with Gasteiger partial charge in [-0.25, -0.2) is 4.79 Å². The number of Topliss-reactive ketones (excluding diaryl/α,β-unsaturated/α-hetero) is 1. The lowest BCUT2D eigenvalue weighted by atomic mass is 9.75. The molecule has 126 valence electrons. The zero-order valence-corrected chi connectivity index (χ0v) is 14.6. The van der Waals surface area contributed by atoms with Crippen molar-refractivity contribution in [3.05, 3.63) is 57.4 Å². The third kappa shape index (κ3) is 2.98. The van der Waals surface area contributed by atoms with Gasteiger partial charge in [0, 0.05) is 34.3 Å². The lowest BCUT2D eigenvalue weighted by molar-refractivity contribution is -0.138. The number of allylic oxidation sites excluding steroid dienone is 3. The van der Waals surface area contributed by atoms with E-state index in [2.05, 4.69) is 5.32 Å². The number of esters is 1. The SMILES string of the molecule is CCOC(=O)C1=C(C)NC2=C(C(=O)CCC2)[C@H]1c1ccc(Cl)cc1. The van der Waals surface area contributed by atoms with Crippen molar-refractivity contribution < 1.29 is 14.3 Å². The molecule has 3 rings (SSSR count). The van der Waals surface area contributed by atoms with Crippen LogP contribution in [0.1, 0.15) is 44.6 Å². The molecule has 0 bridgehead atoms. The molecular formula is C19H20ClNO3. The highest BCUT2D eigenvalue weighted by molar-refractivity contribution is 6.30. The Bertz CT molecular complexity index is 746. The van der Waals surface area contributed by atoms with Crippen molar-refractivity contribution >= 4 is 23.4 Å². The monoisotopic (exact) mass is 345 g/mol. The number of hydrogen-bond acceptors (Lipinski definition) is 4. The van der Waals surface area contributed by atoms with Crippen molar-refractivity contribution in [2.45, 2.75) is 39.0 Å².